The van der Waals surface area contributed by atoms with Crippen LogP contribution in [0.3, 0.4) is 0 Å². The predicted molar refractivity (Wildman–Crippen MR) is 56.8 cm³/mol. The Labute approximate surface area is 92.8 Å². The fourth-order valence-electron chi connectivity index (χ4n) is 1.74. The Kier molecular flexibility index (Phi) is 2.85. The lowest BCUT2D eigenvalue weighted by atomic mass is 9.78. The molecule has 0 amide bonds. The third-order valence-corrected chi connectivity index (χ3v) is 2.51. The van der Waals surface area contributed by atoms with E-state index < -0.39 is 13.1 Å². The minimum Gasteiger partial charge on any atom is -0.492 e. The number of esters is 1. The molecule has 2 rings (SSSR count). The van der Waals surface area contributed by atoms with E-state index in [1.54, 1.807) is 6.07 Å². The molecule has 0 radical (unpaired) electrons. The van der Waals surface area contributed by atoms with Gasteiger partial charge in [-0.15, -0.1) is 0 Å². The van der Waals surface area contributed by atoms with Gasteiger partial charge in [0.05, 0.1) is 13.7 Å². The standard InChI is InChI=1S/C10H11BO5/c1-15-10(12)8-5-7(11(13)14)4-6-2-3-16-9(6)8/h4-5,13-14H,2-3H2,1H3. The molecule has 0 saturated heterocycles. The van der Waals surface area contributed by atoms with Crippen LogP contribution in [0, 0.1) is 0 Å². The van der Waals surface area contributed by atoms with Crippen molar-refractivity contribution in [3.8, 4) is 5.75 Å². The predicted octanol–water partition coefficient (Wildman–Crippen LogP) is -0.912. The van der Waals surface area contributed by atoms with E-state index in [9.17, 15) is 4.79 Å². The molecule has 0 bridgehead atoms. The topological polar surface area (TPSA) is 76.0 Å². The molecule has 0 saturated carbocycles. The van der Waals surface area contributed by atoms with E-state index in [1.807, 2.05) is 0 Å². The van der Waals surface area contributed by atoms with Gasteiger partial charge >= 0.3 is 13.1 Å². The molecule has 0 spiro atoms. The van der Waals surface area contributed by atoms with Gasteiger partial charge < -0.3 is 19.5 Å². The largest absolute Gasteiger partial charge is 0.492 e. The monoisotopic (exact) mass is 222 g/mol. The van der Waals surface area contributed by atoms with Crippen molar-refractivity contribution in [1.82, 2.24) is 0 Å². The molecule has 1 aromatic carbocycles. The molecular formula is C10H11BO5. The van der Waals surface area contributed by atoms with Gasteiger partial charge in [-0.05, 0) is 17.1 Å². The highest BCUT2D eigenvalue weighted by Crippen LogP contribution is 2.29. The second kappa shape index (κ2) is 4.15. The Bertz CT molecular complexity index is 429. The Morgan fingerprint density at radius 2 is 2.25 bits per heavy atom. The molecule has 0 aliphatic carbocycles. The summed E-state index contributed by atoms with van der Waals surface area (Å²) in [5.41, 5.74) is 1.30. The first kappa shape index (κ1) is 11.0. The molecule has 1 aliphatic heterocycles. The van der Waals surface area contributed by atoms with Crippen molar-refractivity contribution in [2.45, 2.75) is 6.42 Å². The van der Waals surface area contributed by atoms with Gasteiger partial charge in [0.25, 0.3) is 0 Å². The van der Waals surface area contributed by atoms with E-state index in [1.165, 1.54) is 13.2 Å². The van der Waals surface area contributed by atoms with Gasteiger partial charge in [-0.2, -0.15) is 0 Å². The minimum atomic E-state index is -1.60. The Hall–Kier alpha value is -1.53. The summed E-state index contributed by atoms with van der Waals surface area (Å²) in [6.07, 6.45) is 0.653. The van der Waals surface area contributed by atoms with Crippen LogP contribution in [0.2, 0.25) is 0 Å². The molecule has 6 heteroatoms. The Morgan fingerprint density at radius 1 is 1.50 bits per heavy atom. The Morgan fingerprint density at radius 3 is 2.88 bits per heavy atom. The van der Waals surface area contributed by atoms with Crippen molar-refractivity contribution in [2.75, 3.05) is 13.7 Å². The molecule has 1 heterocycles. The van der Waals surface area contributed by atoms with Crippen molar-refractivity contribution in [3.05, 3.63) is 23.3 Å². The number of rotatable bonds is 2. The first-order chi connectivity index (χ1) is 7.63. The summed E-state index contributed by atoms with van der Waals surface area (Å²) in [7, 11) is -0.333. The number of hydrogen-bond acceptors (Lipinski definition) is 5. The summed E-state index contributed by atoms with van der Waals surface area (Å²) >= 11 is 0. The summed E-state index contributed by atoms with van der Waals surface area (Å²) in [6.45, 7) is 0.490. The number of carbonyl (C=O) groups is 1. The van der Waals surface area contributed by atoms with Crippen molar-refractivity contribution in [3.63, 3.8) is 0 Å². The molecule has 0 fully saturated rings. The molecule has 0 aromatic heterocycles. The molecule has 5 nitrogen and oxygen atoms in total. The fraction of sp³-hybridized carbons (Fsp3) is 0.300. The zero-order chi connectivity index (χ0) is 11.7. The number of benzene rings is 1. The maximum Gasteiger partial charge on any atom is 0.488 e. The van der Waals surface area contributed by atoms with Crippen molar-refractivity contribution in [2.24, 2.45) is 0 Å². The lowest BCUT2D eigenvalue weighted by Crippen LogP contribution is -2.31. The van der Waals surface area contributed by atoms with Crippen LogP contribution in [0.15, 0.2) is 12.1 Å². The zero-order valence-corrected chi connectivity index (χ0v) is 8.77. The van der Waals surface area contributed by atoms with Gasteiger partial charge in [0, 0.05) is 6.42 Å². The first-order valence-electron chi connectivity index (χ1n) is 4.87. The summed E-state index contributed by atoms with van der Waals surface area (Å²) < 4.78 is 9.94. The van der Waals surface area contributed by atoms with Gasteiger partial charge in [0.15, 0.2) is 0 Å². The quantitative estimate of drug-likeness (QED) is 0.500. The molecular weight excluding hydrogens is 211 g/mol. The highest BCUT2D eigenvalue weighted by Gasteiger charge is 2.25. The smallest absolute Gasteiger partial charge is 0.488 e. The van der Waals surface area contributed by atoms with Gasteiger partial charge in [0.2, 0.25) is 0 Å². The van der Waals surface area contributed by atoms with Crippen LogP contribution < -0.4 is 10.2 Å². The van der Waals surface area contributed by atoms with E-state index in [0.29, 0.717) is 18.8 Å². The van der Waals surface area contributed by atoms with Crippen LogP contribution in [-0.2, 0) is 11.2 Å². The van der Waals surface area contributed by atoms with Gasteiger partial charge in [-0.1, -0.05) is 6.07 Å². The number of ether oxygens (including phenoxy) is 2. The maximum absolute atomic E-state index is 11.5. The van der Waals surface area contributed by atoms with E-state index in [-0.39, 0.29) is 11.0 Å². The van der Waals surface area contributed by atoms with Crippen LogP contribution >= 0.6 is 0 Å². The average Bonchev–Trinajstić information content (AvgIpc) is 2.74. The lowest BCUT2D eigenvalue weighted by molar-refractivity contribution is 0.0597. The van der Waals surface area contributed by atoms with Crippen molar-refractivity contribution in [1.29, 1.82) is 0 Å². The highest BCUT2D eigenvalue weighted by atomic mass is 16.5. The molecule has 0 atom stereocenters. The molecule has 84 valence electrons. The first-order valence-corrected chi connectivity index (χ1v) is 4.87. The molecule has 1 aromatic rings. The van der Waals surface area contributed by atoms with Crippen LogP contribution in [0.1, 0.15) is 15.9 Å². The second-order valence-corrected chi connectivity index (χ2v) is 3.52. The summed E-state index contributed by atoms with van der Waals surface area (Å²) in [4.78, 5) is 11.5. The lowest BCUT2D eigenvalue weighted by Gasteiger charge is -2.08. The summed E-state index contributed by atoms with van der Waals surface area (Å²) in [6, 6.07) is 3.00. The van der Waals surface area contributed by atoms with Crippen molar-refractivity contribution < 1.29 is 24.3 Å². The molecule has 16 heavy (non-hydrogen) atoms. The summed E-state index contributed by atoms with van der Waals surface area (Å²) in [5.74, 6) is -0.0584. The zero-order valence-electron chi connectivity index (χ0n) is 8.77. The Balaban J connectivity index is 2.53. The number of methoxy groups -OCH3 is 1. The van der Waals surface area contributed by atoms with Crippen LogP contribution in [0.4, 0.5) is 0 Å². The minimum absolute atomic E-state index is 0.237. The van der Waals surface area contributed by atoms with Crippen molar-refractivity contribution >= 4 is 18.6 Å². The molecule has 0 unspecified atom stereocenters. The van der Waals surface area contributed by atoms with Gasteiger partial charge in [-0.3, -0.25) is 0 Å². The van der Waals surface area contributed by atoms with Crippen LogP contribution in [0.25, 0.3) is 0 Å². The number of hydrogen-bond donors (Lipinski definition) is 2. The summed E-state index contributed by atoms with van der Waals surface area (Å²) in [5, 5.41) is 18.2. The van der Waals surface area contributed by atoms with E-state index in [0.717, 1.165) is 5.56 Å². The normalized spacial score (nSPS) is 12.9. The molecule has 1 aliphatic rings. The number of carbonyl (C=O) groups excluding carboxylic acids is 1. The average molecular weight is 222 g/mol. The highest BCUT2D eigenvalue weighted by molar-refractivity contribution is 6.58. The fourth-order valence-corrected chi connectivity index (χ4v) is 1.74. The van der Waals surface area contributed by atoms with Gasteiger partial charge in [0.1, 0.15) is 11.3 Å². The van der Waals surface area contributed by atoms with Crippen LogP contribution in [-0.4, -0.2) is 36.9 Å². The van der Waals surface area contributed by atoms with E-state index in [2.05, 4.69) is 4.74 Å². The molecule has 2 N–H and O–H groups in total. The van der Waals surface area contributed by atoms with Gasteiger partial charge in [-0.25, -0.2) is 4.79 Å². The SMILES string of the molecule is COC(=O)c1cc(B(O)O)cc2c1OCC2. The van der Waals surface area contributed by atoms with Crippen LogP contribution in [0.5, 0.6) is 5.75 Å². The second-order valence-electron chi connectivity index (χ2n) is 3.52. The van der Waals surface area contributed by atoms with E-state index in [4.69, 9.17) is 14.8 Å². The third-order valence-electron chi connectivity index (χ3n) is 2.51. The third kappa shape index (κ3) is 1.77. The maximum atomic E-state index is 11.5. The van der Waals surface area contributed by atoms with E-state index >= 15 is 0 Å². The number of fused-ring (bicyclic) bond motifs is 1.